The van der Waals surface area contributed by atoms with Crippen molar-refractivity contribution in [3.63, 3.8) is 0 Å². The Morgan fingerprint density at radius 2 is 1.85 bits per heavy atom. The summed E-state index contributed by atoms with van der Waals surface area (Å²) < 4.78 is 29.0. The molecule has 1 unspecified atom stereocenters. The molecule has 1 N–H and O–H groups in total. The Morgan fingerprint density at radius 1 is 1.05 bits per heavy atom. The highest BCUT2D eigenvalue weighted by molar-refractivity contribution is 5.83. The van der Waals surface area contributed by atoms with E-state index in [1.807, 2.05) is 30.3 Å². The van der Waals surface area contributed by atoms with Gasteiger partial charge in [0.2, 0.25) is 6.79 Å². The van der Waals surface area contributed by atoms with Crippen LogP contribution in [-0.2, 0) is 24.4 Å². The molecule has 1 aliphatic rings. The topological polar surface area (TPSA) is 126 Å². The Bertz CT molecular complexity index is 1500. The van der Waals surface area contributed by atoms with Crippen LogP contribution in [0, 0.1) is 0 Å². The lowest BCUT2D eigenvalue weighted by atomic mass is 10.1. The van der Waals surface area contributed by atoms with Crippen molar-refractivity contribution in [2.45, 2.75) is 39.0 Å². The molecule has 12 heteroatoms. The van der Waals surface area contributed by atoms with Crippen LogP contribution in [0.3, 0.4) is 0 Å². The molecule has 0 saturated heterocycles. The number of fused-ring (bicyclic) bond motifs is 2. The second-order valence-corrected chi connectivity index (χ2v) is 9.19. The van der Waals surface area contributed by atoms with Crippen molar-refractivity contribution in [2.75, 3.05) is 34.7 Å². The zero-order valence-electron chi connectivity index (χ0n) is 22.5. The monoisotopic (exact) mass is 536 g/mol. The van der Waals surface area contributed by atoms with Crippen molar-refractivity contribution in [2.24, 2.45) is 0 Å². The fourth-order valence-electron chi connectivity index (χ4n) is 4.86. The number of nitrogens with one attached hydrogen (secondary N) is 1. The first-order valence-corrected chi connectivity index (χ1v) is 12.7. The maximum Gasteiger partial charge on any atom is 0.252 e. The normalized spacial score (nSPS) is 13.3. The van der Waals surface area contributed by atoms with Gasteiger partial charge in [-0.2, -0.15) is 0 Å². The average Bonchev–Trinajstić information content (AvgIpc) is 3.61. The van der Waals surface area contributed by atoms with Crippen molar-refractivity contribution in [3.8, 4) is 23.0 Å². The first kappa shape index (κ1) is 26.4. The molecule has 1 aliphatic heterocycles. The molecule has 5 rings (SSSR count). The predicted octanol–water partition coefficient (Wildman–Crippen LogP) is 3.06. The molecule has 206 valence electrons. The smallest absolute Gasteiger partial charge is 0.252 e. The van der Waals surface area contributed by atoms with E-state index in [4.69, 9.17) is 23.7 Å². The molecule has 4 aromatic rings. The molecular weight excluding hydrogens is 504 g/mol. The maximum atomic E-state index is 13.3. The molecule has 0 spiro atoms. The van der Waals surface area contributed by atoms with Crippen LogP contribution in [0.1, 0.15) is 36.3 Å². The maximum absolute atomic E-state index is 13.3. The van der Waals surface area contributed by atoms with Gasteiger partial charge in [-0.1, -0.05) is 13.0 Å². The van der Waals surface area contributed by atoms with Gasteiger partial charge in [0, 0.05) is 37.2 Å². The lowest BCUT2D eigenvalue weighted by Gasteiger charge is -2.30. The van der Waals surface area contributed by atoms with Crippen LogP contribution in [0.2, 0.25) is 0 Å². The summed E-state index contributed by atoms with van der Waals surface area (Å²) in [4.78, 5) is 18.5. The minimum Gasteiger partial charge on any atom is -0.493 e. The van der Waals surface area contributed by atoms with Crippen molar-refractivity contribution >= 4 is 10.9 Å². The highest BCUT2D eigenvalue weighted by Gasteiger charge is 2.27. The van der Waals surface area contributed by atoms with Crippen LogP contribution in [0.25, 0.3) is 10.9 Å². The third-order valence-corrected chi connectivity index (χ3v) is 6.81. The Morgan fingerprint density at radius 3 is 2.62 bits per heavy atom. The number of H-pyrrole nitrogens is 1. The van der Waals surface area contributed by atoms with E-state index in [1.54, 1.807) is 32.1 Å². The first-order chi connectivity index (χ1) is 19.0. The van der Waals surface area contributed by atoms with E-state index in [2.05, 4.69) is 32.3 Å². The lowest BCUT2D eigenvalue weighted by molar-refractivity contribution is 0.150. The molecule has 0 amide bonds. The third-order valence-electron chi connectivity index (χ3n) is 6.81. The van der Waals surface area contributed by atoms with Gasteiger partial charge in [0.15, 0.2) is 28.8 Å². The molecule has 39 heavy (non-hydrogen) atoms. The van der Waals surface area contributed by atoms with E-state index in [-0.39, 0.29) is 18.4 Å². The summed E-state index contributed by atoms with van der Waals surface area (Å²) in [6, 6.07) is 11.2. The van der Waals surface area contributed by atoms with Crippen LogP contribution in [0.15, 0.2) is 41.2 Å². The van der Waals surface area contributed by atoms with Gasteiger partial charge < -0.3 is 28.7 Å². The highest BCUT2D eigenvalue weighted by atomic mass is 16.7. The van der Waals surface area contributed by atoms with Crippen molar-refractivity contribution in [1.29, 1.82) is 0 Å². The quantitative estimate of drug-likeness (QED) is 0.289. The molecule has 0 fully saturated rings. The Kier molecular flexibility index (Phi) is 7.94. The number of aromatic amines is 1. The van der Waals surface area contributed by atoms with Gasteiger partial charge in [-0.05, 0) is 46.7 Å². The Labute approximate surface area is 225 Å². The zero-order chi connectivity index (χ0) is 27.4. The van der Waals surface area contributed by atoms with Crippen LogP contribution >= 0.6 is 0 Å². The number of hydrogen-bond donors (Lipinski definition) is 1. The molecule has 2 aromatic heterocycles. The van der Waals surface area contributed by atoms with Crippen LogP contribution < -0.4 is 24.5 Å². The van der Waals surface area contributed by atoms with Gasteiger partial charge >= 0.3 is 0 Å². The Balaban J connectivity index is 1.53. The van der Waals surface area contributed by atoms with Crippen molar-refractivity contribution < 1.29 is 23.7 Å². The fraction of sp³-hybridized carbons (Fsp3) is 0.407. The highest BCUT2D eigenvalue weighted by Crippen LogP contribution is 2.35. The molecule has 12 nitrogen and oxygen atoms in total. The third kappa shape index (κ3) is 5.52. The number of ether oxygens (including phenoxy) is 5. The lowest BCUT2D eigenvalue weighted by Crippen LogP contribution is -2.32. The molecular formula is C27H32N6O6. The van der Waals surface area contributed by atoms with E-state index in [1.165, 1.54) is 0 Å². The standard InChI is InChI=1S/C27H32N6O6/c1-5-21(26-29-30-31-33(26)8-9-35-2)32(14-17-6-7-22-25(10-17)39-16-38-22)15-19-11-18-12-23(36-3)24(37-4)13-20(18)28-27(19)34/h6-7,10-13,21H,5,8-9,14-16H2,1-4H3,(H,28,34). The molecule has 0 radical (unpaired) electrons. The van der Waals surface area contributed by atoms with E-state index in [0.29, 0.717) is 66.8 Å². The van der Waals surface area contributed by atoms with Crippen molar-refractivity contribution in [3.05, 3.63) is 63.7 Å². The van der Waals surface area contributed by atoms with E-state index < -0.39 is 0 Å². The van der Waals surface area contributed by atoms with E-state index >= 15 is 0 Å². The van der Waals surface area contributed by atoms with Crippen LogP contribution in [0.5, 0.6) is 23.0 Å². The van der Waals surface area contributed by atoms with E-state index in [0.717, 1.165) is 16.7 Å². The number of nitrogens with zero attached hydrogens (tertiary/aromatic N) is 5. The molecule has 1 atom stereocenters. The molecule has 0 aliphatic carbocycles. The second-order valence-electron chi connectivity index (χ2n) is 9.19. The molecule has 0 bridgehead atoms. The van der Waals surface area contributed by atoms with Crippen molar-refractivity contribution in [1.82, 2.24) is 30.1 Å². The number of aromatic nitrogens is 5. The average molecular weight is 537 g/mol. The van der Waals surface area contributed by atoms with Crippen LogP contribution in [0.4, 0.5) is 0 Å². The SMILES string of the molecule is CCC(c1nnnn1CCOC)N(Cc1ccc2c(c1)OCO2)Cc1cc2cc(OC)c(OC)cc2[nH]c1=O. The summed E-state index contributed by atoms with van der Waals surface area (Å²) in [6.07, 6.45) is 0.717. The van der Waals surface area contributed by atoms with E-state index in [9.17, 15) is 4.79 Å². The minimum absolute atomic E-state index is 0.178. The van der Waals surface area contributed by atoms with Gasteiger partial charge in [0.05, 0.1) is 38.9 Å². The molecule has 3 heterocycles. The summed E-state index contributed by atoms with van der Waals surface area (Å²) >= 11 is 0. The van der Waals surface area contributed by atoms with Gasteiger partial charge in [-0.3, -0.25) is 9.69 Å². The second kappa shape index (κ2) is 11.7. The fourth-order valence-corrected chi connectivity index (χ4v) is 4.86. The summed E-state index contributed by atoms with van der Waals surface area (Å²) in [6.45, 7) is 4.15. The molecule has 0 saturated carbocycles. The minimum atomic E-state index is -0.181. The summed E-state index contributed by atoms with van der Waals surface area (Å²) in [5, 5.41) is 13.3. The van der Waals surface area contributed by atoms with Crippen LogP contribution in [-0.4, -0.2) is 64.8 Å². The summed E-state index contributed by atoms with van der Waals surface area (Å²) in [7, 11) is 4.79. The first-order valence-electron chi connectivity index (χ1n) is 12.7. The predicted molar refractivity (Wildman–Crippen MR) is 142 cm³/mol. The number of hydrogen-bond acceptors (Lipinski definition) is 10. The van der Waals surface area contributed by atoms with Gasteiger partial charge in [0.1, 0.15) is 0 Å². The zero-order valence-corrected chi connectivity index (χ0v) is 22.5. The number of pyridine rings is 1. The van der Waals surface area contributed by atoms with Gasteiger partial charge in [-0.15, -0.1) is 5.10 Å². The number of rotatable bonds is 12. The molecule has 2 aromatic carbocycles. The van der Waals surface area contributed by atoms with Gasteiger partial charge in [0.25, 0.3) is 5.56 Å². The largest absolute Gasteiger partial charge is 0.493 e. The number of benzene rings is 2. The van der Waals surface area contributed by atoms with Gasteiger partial charge in [-0.25, -0.2) is 4.68 Å². The number of methoxy groups -OCH3 is 3. The Hall–Kier alpha value is -4.16. The summed E-state index contributed by atoms with van der Waals surface area (Å²) in [5.74, 6) is 3.26. The summed E-state index contributed by atoms with van der Waals surface area (Å²) in [5.41, 5.74) is 2.10. The number of tetrazole rings is 1.